The molecular formula is C7H10S. The molecule has 0 N–H and O–H groups in total. The highest BCUT2D eigenvalue weighted by molar-refractivity contribution is 8.06. The van der Waals surface area contributed by atoms with Crippen LogP contribution in [-0.2, 0) is 0 Å². The molecule has 0 aliphatic carbocycles. The maximum absolute atomic E-state index is 2.25. The molecule has 0 bridgehead atoms. The Hall–Kier alpha value is -0.170. The van der Waals surface area contributed by atoms with Crippen LogP contribution in [0.15, 0.2) is 22.0 Å². The number of allylic oxidation sites excluding steroid dienone is 4. The summed E-state index contributed by atoms with van der Waals surface area (Å²) in [6, 6.07) is 0. The Morgan fingerprint density at radius 1 is 1.25 bits per heavy atom. The summed E-state index contributed by atoms with van der Waals surface area (Å²) < 4.78 is 0. The van der Waals surface area contributed by atoms with Crippen LogP contribution in [0.3, 0.4) is 0 Å². The fourth-order valence-corrected chi connectivity index (χ4v) is 1.60. The monoisotopic (exact) mass is 126 g/mol. The third kappa shape index (κ3) is 1.41. The Labute approximate surface area is 54.7 Å². The molecule has 0 unspecified atom stereocenters. The van der Waals surface area contributed by atoms with Crippen LogP contribution in [0.5, 0.6) is 0 Å². The van der Waals surface area contributed by atoms with Gasteiger partial charge in [-0.1, -0.05) is 12.2 Å². The van der Waals surface area contributed by atoms with E-state index < -0.39 is 0 Å². The van der Waals surface area contributed by atoms with E-state index in [0.29, 0.717) is 0 Å². The molecule has 0 aromatic rings. The molecule has 1 rings (SSSR count). The zero-order chi connectivity index (χ0) is 5.98. The van der Waals surface area contributed by atoms with Crippen molar-refractivity contribution in [3.05, 3.63) is 22.0 Å². The molecule has 1 aliphatic rings. The van der Waals surface area contributed by atoms with Gasteiger partial charge in [0.25, 0.3) is 0 Å². The molecular weight excluding hydrogens is 116 g/mol. The maximum atomic E-state index is 2.25. The van der Waals surface area contributed by atoms with Gasteiger partial charge >= 0.3 is 0 Å². The molecule has 0 fully saturated rings. The first-order chi connectivity index (χ1) is 3.79. The summed E-state index contributed by atoms with van der Waals surface area (Å²) in [6.07, 6.45) is 5.62. The fourth-order valence-electron chi connectivity index (χ4n) is 0.728. The highest BCUT2D eigenvalue weighted by Crippen LogP contribution is 2.28. The second-order valence-corrected chi connectivity index (χ2v) is 3.46. The predicted molar refractivity (Wildman–Crippen MR) is 39.7 cm³/mol. The molecule has 0 spiro atoms. The van der Waals surface area contributed by atoms with Crippen LogP contribution >= 0.6 is 11.8 Å². The average Bonchev–Trinajstić information content (AvgIpc) is 1.64. The summed E-state index contributed by atoms with van der Waals surface area (Å²) in [4.78, 5) is 2.87. The molecule has 0 aromatic carbocycles. The molecule has 0 atom stereocenters. The molecule has 0 radical (unpaired) electrons. The van der Waals surface area contributed by atoms with Crippen molar-refractivity contribution >= 4 is 11.8 Å². The van der Waals surface area contributed by atoms with Crippen LogP contribution in [0.25, 0.3) is 0 Å². The van der Waals surface area contributed by atoms with Crippen molar-refractivity contribution in [1.82, 2.24) is 0 Å². The van der Waals surface area contributed by atoms with E-state index in [9.17, 15) is 0 Å². The van der Waals surface area contributed by atoms with Gasteiger partial charge in [0.2, 0.25) is 0 Å². The molecule has 0 saturated heterocycles. The fraction of sp³-hybridized carbons (Fsp3) is 0.429. The third-order valence-electron chi connectivity index (χ3n) is 1.13. The van der Waals surface area contributed by atoms with Gasteiger partial charge in [-0.15, -0.1) is 11.8 Å². The molecule has 8 heavy (non-hydrogen) atoms. The molecule has 1 aliphatic heterocycles. The van der Waals surface area contributed by atoms with Crippen LogP contribution in [0.1, 0.15) is 20.3 Å². The minimum atomic E-state index is 1.13. The predicted octanol–water partition coefficient (Wildman–Crippen LogP) is 2.93. The summed E-state index contributed by atoms with van der Waals surface area (Å²) in [5.41, 5.74) is 0. The number of thioether (sulfide) groups is 1. The SMILES string of the molecule is CC1=CCC=C(C)S1. The van der Waals surface area contributed by atoms with Crippen LogP contribution in [0.4, 0.5) is 0 Å². The van der Waals surface area contributed by atoms with Crippen molar-refractivity contribution in [2.45, 2.75) is 20.3 Å². The zero-order valence-corrected chi connectivity index (χ0v) is 6.09. The Morgan fingerprint density at radius 3 is 2.00 bits per heavy atom. The lowest BCUT2D eigenvalue weighted by Crippen LogP contribution is -1.77. The standard InChI is InChI=1S/C7H10S/c1-6-4-3-5-7(2)8-6/h4-5H,3H2,1-2H3. The quantitative estimate of drug-likeness (QED) is 0.481. The molecule has 1 heteroatoms. The second-order valence-electron chi connectivity index (χ2n) is 1.97. The maximum Gasteiger partial charge on any atom is -0.0147 e. The Kier molecular flexibility index (Phi) is 1.79. The minimum Gasteiger partial charge on any atom is -0.100 e. The highest BCUT2D eigenvalue weighted by atomic mass is 32.2. The lowest BCUT2D eigenvalue weighted by Gasteiger charge is -2.05. The second kappa shape index (κ2) is 2.40. The molecule has 0 saturated carbocycles. The lowest BCUT2D eigenvalue weighted by atomic mass is 10.3. The summed E-state index contributed by atoms with van der Waals surface area (Å²) >= 11 is 1.86. The molecule has 1 heterocycles. The summed E-state index contributed by atoms with van der Waals surface area (Å²) in [6.45, 7) is 4.31. The van der Waals surface area contributed by atoms with E-state index in [1.165, 1.54) is 9.81 Å². The van der Waals surface area contributed by atoms with Crippen LogP contribution in [0, 0.1) is 0 Å². The molecule has 44 valence electrons. The van der Waals surface area contributed by atoms with Gasteiger partial charge in [0.05, 0.1) is 0 Å². The van der Waals surface area contributed by atoms with Crippen molar-refractivity contribution in [1.29, 1.82) is 0 Å². The smallest absolute Gasteiger partial charge is 0.0147 e. The van der Waals surface area contributed by atoms with Gasteiger partial charge in [-0.3, -0.25) is 0 Å². The van der Waals surface area contributed by atoms with E-state index in [4.69, 9.17) is 0 Å². The van der Waals surface area contributed by atoms with Gasteiger partial charge in [0.15, 0.2) is 0 Å². The van der Waals surface area contributed by atoms with Crippen LogP contribution in [0.2, 0.25) is 0 Å². The molecule has 0 amide bonds. The van der Waals surface area contributed by atoms with Crippen molar-refractivity contribution in [3.63, 3.8) is 0 Å². The first-order valence-corrected chi connectivity index (χ1v) is 3.62. The first kappa shape index (κ1) is 5.96. The van der Waals surface area contributed by atoms with Crippen LogP contribution in [-0.4, -0.2) is 0 Å². The van der Waals surface area contributed by atoms with E-state index in [1.54, 1.807) is 0 Å². The van der Waals surface area contributed by atoms with Gasteiger partial charge in [0, 0.05) is 0 Å². The van der Waals surface area contributed by atoms with Crippen molar-refractivity contribution in [2.75, 3.05) is 0 Å². The van der Waals surface area contributed by atoms with Gasteiger partial charge in [0.1, 0.15) is 0 Å². The number of rotatable bonds is 0. The van der Waals surface area contributed by atoms with Crippen molar-refractivity contribution in [3.8, 4) is 0 Å². The number of hydrogen-bond donors (Lipinski definition) is 0. The van der Waals surface area contributed by atoms with Crippen molar-refractivity contribution in [2.24, 2.45) is 0 Å². The zero-order valence-electron chi connectivity index (χ0n) is 5.27. The van der Waals surface area contributed by atoms with E-state index in [1.807, 2.05) is 11.8 Å². The summed E-state index contributed by atoms with van der Waals surface area (Å²) in [7, 11) is 0. The third-order valence-corrected chi connectivity index (χ3v) is 2.11. The van der Waals surface area contributed by atoms with Crippen molar-refractivity contribution < 1.29 is 0 Å². The average molecular weight is 126 g/mol. The summed E-state index contributed by atoms with van der Waals surface area (Å²) in [5, 5.41) is 0. The van der Waals surface area contributed by atoms with E-state index in [0.717, 1.165) is 6.42 Å². The van der Waals surface area contributed by atoms with Gasteiger partial charge in [-0.25, -0.2) is 0 Å². The topological polar surface area (TPSA) is 0 Å². The lowest BCUT2D eigenvalue weighted by molar-refractivity contribution is 1.33. The highest BCUT2D eigenvalue weighted by Gasteiger charge is 1.96. The molecule has 0 aromatic heterocycles. The van der Waals surface area contributed by atoms with Crippen LogP contribution < -0.4 is 0 Å². The molecule has 0 nitrogen and oxygen atoms in total. The largest absolute Gasteiger partial charge is 0.100 e. The Balaban J connectivity index is 2.57. The minimum absolute atomic E-state index is 1.13. The Morgan fingerprint density at radius 2 is 1.75 bits per heavy atom. The Bertz CT molecular complexity index is 126. The van der Waals surface area contributed by atoms with Gasteiger partial charge < -0.3 is 0 Å². The van der Waals surface area contributed by atoms with E-state index in [-0.39, 0.29) is 0 Å². The normalized spacial score (nSPS) is 19.8. The van der Waals surface area contributed by atoms with E-state index >= 15 is 0 Å². The van der Waals surface area contributed by atoms with Gasteiger partial charge in [-0.05, 0) is 30.1 Å². The van der Waals surface area contributed by atoms with E-state index in [2.05, 4.69) is 26.0 Å². The van der Waals surface area contributed by atoms with Gasteiger partial charge in [-0.2, -0.15) is 0 Å². The first-order valence-electron chi connectivity index (χ1n) is 2.80. The number of hydrogen-bond acceptors (Lipinski definition) is 1. The summed E-state index contributed by atoms with van der Waals surface area (Å²) in [5.74, 6) is 0.